The highest BCUT2D eigenvalue weighted by Gasteiger charge is 2.23. The lowest BCUT2D eigenvalue weighted by atomic mass is 9.86. The van der Waals surface area contributed by atoms with Gasteiger partial charge in [-0.1, -0.05) is 60.2 Å². The fourth-order valence-electron chi connectivity index (χ4n) is 4.04. The quantitative estimate of drug-likeness (QED) is 0.390. The maximum Gasteiger partial charge on any atom is 0.185 e. The molecule has 0 aliphatic carbocycles. The molecule has 0 radical (unpaired) electrons. The largest absolute Gasteiger partial charge is 0.508 e. The Morgan fingerprint density at radius 2 is 1.67 bits per heavy atom. The van der Waals surface area contributed by atoms with Gasteiger partial charge in [0.15, 0.2) is 7.98 Å². The highest BCUT2D eigenvalue weighted by molar-refractivity contribution is 6.05. The Labute approximate surface area is 181 Å². The minimum Gasteiger partial charge on any atom is -0.508 e. The number of benzene rings is 2. The third-order valence-corrected chi connectivity index (χ3v) is 5.86. The summed E-state index contributed by atoms with van der Waals surface area (Å²) in [6.07, 6.45) is 5.97. The van der Waals surface area contributed by atoms with Gasteiger partial charge in [0.25, 0.3) is 0 Å². The van der Waals surface area contributed by atoms with Crippen LogP contribution in [0.3, 0.4) is 0 Å². The second kappa shape index (κ2) is 10.5. The van der Waals surface area contributed by atoms with Gasteiger partial charge in [-0.15, -0.1) is 0 Å². The minimum atomic E-state index is 0.163. The first-order chi connectivity index (χ1) is 14.5. The Kier molecular flexibility index (Phi) is 7.72. The van der Waals surface area contributed by atoms with Crippen LogP contribution in [0, 0.1) is 5.92 Å². The number of hydrogen-bond donors (Lipinski definition) is 2. The molecule has 2 aromatic rings. The molecule has 3 nitrogen and oxygen atoms in total. The van der Waals surface area contributed by atoms with Crippen LogP contribution in [-0.4, -0.2) is 42.7 Å². The highest BCUT2D eigenvalue weighted by atomic mass is 16.3. The Bertz CT molecular complexity index is 923. The molecule has 1 fully saturated rings. The van der Waals surface area contributed by atoms with Gasteiger partial charge in [-0.05, 0) is 79.8 Å². The average molecular weight is 401 g/mol. The van der Waals surface area contributed by atoms with Crippen LogP contribution >= 0.6 is 0 Å². The smallest absolute Gasteiger partial charge is 0.185 e. The van der Waals surface area contributed by atoms with Crippen molar-refractivity contribution >= 4 is 19.1 Å². The van der Waals surface area contributed by atoms with E-state index in [4.69, 9.17) is 0 Å². The number of hydrogen-bond acceptors (Lipinski definition) is 3. The average Bonchev–Trinajstić information content (AvgIpc) is 2.74. The van der Waals surface area contributed by atoms with Crippen LogP contribution in [0.1, 0.15) is 37.8 Å². The molecule has 3 rings (SSSR count). The summed E-state index contributed by atoms with van der Waals surface area (Å²) < 4.78 is 0. The van der Waals surface area contributed by atoms with Crippen molar-refractivity contribution in [2.75, 3.05) is 19.7 Å². The number of rotatable bonds is 8. The number of nitrogens with zero attached hydrogens (tertiary/aromatic N) is 1. The summed E-state index contributed by atoms with van der Waals surface area (Å²) in [4.78, 5) is 2.34. The summed E-state index contributed by atoms with van der Waals surface area (Å²) in [5.41, 5.74) is 7.23. The van der Waals surface area contributed by atoms with Crippen molar-refractivity contribution in [3.8, 4) is 5.75 Å². The Hall–Kier alpha value is -2.56. The molecule has 30 heavy (non-hydrogen) atoms. The van der Waals surface area contributed by atoms with E-state index < -0.39 is 0 Å². The van der Waals surface area contributed by atoms with E-state index >= 15 is 0 Å². The molecular weight excluding hydrogens is 369 g/mol. The van der Waals surface area contributed by atoms with Gasteiger partial charge in [-0.3, -0.25) is 0 Å². The van der Waals surface area contributed by atoms with Crippen molar-refractivity contribution in [2.45, 2.75) is 26.7 Å². The maximum absolute atomic E-state index is 9.79. The van der Waals surface area contributed by atoms with E-state index in [1.807, 2.05) is 18.2 Å². The number of aromatic hydroxyl groups is 1. The van der Waals surface area contributed by atoms with Crippen LogP contribution in [0.4, 0.5) is 0 Å². The molecule has 2 N–H and O–H groups in total. The molecule has 0 saturated carbocycles. The Morgan fingerprint density at radius 1 is 1.00 bits per heavy atom. The lowest BCUT2D eigenvalue weighted by Crippen LogP contribution is -2.45. The van der Waals surface area contributed by atoms with E-state index in [1.54, 1.807) is 12.1 Å². The predicted octanol–water partition coefficient (Wildman–Crippen LogP) is 4.45. The summed E-state index contributed by atoms with van der Waals surface area (Å²) in [6.45, 7) is 6.79. The summed E-state index contributed by atoms with van der Waals surface area (Å²) >= 11 is 0. The molecule has 0 aromatic heterocycles. The first-order valence-corrected chi connectivity index (χ1v) is 10.7. The molecule has 2 aromatic carbocycles. The molecule has 0 spiro atoms. The molecule has 1 aliphatic rings. The van der Waals surface area contributed by atoms with Crippen LogP contribution in [0.2, 0.25) is 0 Å². The van der Waals surface area contributed by atoms with Gasteiger partial charge in [0, 0.05) is 12.5 Å². The van der Waals surface area contributed by atoms with Crippen molar-refractivity contribution in [3.05, 3.63) is 89.0 Å². The van der Waals surface area contributed by atoms with E-state index in [0.29, 0.717) is 12.3 Å². The van der Waals surface area contributed by atoms with Crippen LogP contribution in [0.5, 0.6) is 5.75 Å². The van der Waals surface area contributed by atoms with Crippen molar-refractivity contribution in [2.24, 2.45) is 5.92 Å². The van der Waals surface area contributed by atoms with Gasteiger partial charge in [0.05, 0.1) is 0 Å². The molecule has 4 heteroatoms. The monoisotopic (exact) mass is 401 g/mol. The van der Waals surface area contributed by atoms with E-state index in [-0.39, 0.29) is 12.4 Å². The predicted molar refractivity (Wildman–Crippen MR) is 129 cm³/mol. The lowest BCUT2D eigenvalue weighted by Gasteiger charge is -2.37. The normalized spacial score (nSPS) is 16.9. The summed E-state index contributed by atoms with van der Waals surface area (Å²) in [7, 11) is 2.16. The van der Waals surface area contributed by atoms with Crippen LogP contribution in [-0.2, 0) is 0 Å². The van der Waals surface area contributed by atoms with Crippen LogP contribution in [0.15, 0.2) is 77.9 Å². The molecule has 156 valence electrons. The maximum atomic E-state index is 9.79. The number of allylic oxidation sites excluding steroid dienone is 5. The van der Waals surface area contributed by atoms with Crippen molar-refractivity contribution in [3.63, 3.8) is 0 Å². The van der Waals surface area contributed by atoms with E-state index in [1.165, 1.54) is 27.9 Å². The molecule has 0 atom stereocenters. The molecule has 1 heterocycles. The second-order valence-electron chi connectivity index (χ2n) is 8.27. The Balaban J connectivity index is 2.08. The standard InChI is InChI=1S/C26H32BNO2/c1-19(23-17-28(27)18-23)10-11-20(2)26(22-12-14-24(30)15-13-22)25(9-6-16-29)21-7-4-3-5-8-21/h3-5,7-8,10-15,23,29-30H,6,9,16-18,27H2,1-2H3/b19-10+,20-11+,26-25+. The van der Waals surface area contributed by atoms with Crippen molar-refractivity contribution in [1.82, 2.24) is 4.81 Å². The molecule has 1 saturated heterocycles. The topological polar surface area (TPSA) is 43.7 Å². The van der Waals surface area contributed by atoms with E-state index in [2.05, 4.69) is 63.1 Å². The van der Waals surface area contributed by atoms with Crippen LogP contribution in [0.25, 0.3) is 11.1 Å². The highest BCUT2D eigenvalue weighted by Crippen LogP contribution is 2.36. The van der Waals surface area contributed by atoms with Gasteiger partial charge in [-0.25, -0.2) is 0 Å². The zero-order valence-electron chi connectivity index (χ0n) is 18.3. The number of aliphatic hydroxyl groups excluding tert-OH is 1. The first-order valence-electron chi connectivity index (χ1n) is 10.7. The van der Waals surface area contributed by atoms with Gasteiger partial charge in [0.1, 0.15) is 5.75 Å². The van der Waals surface area contributed by atoms with Crippen molar-refractivity contribution < 1.29 is 10.2 Å². The SMILES string of the molecule is BN1CC(/C(C)=C/C=C(C)/C(=C(/CCCO)c2ccccc2)c2ccc(O)cc2)C1. The van der Waals surface area contributed by atoms with Gasteiger partial charge >= 0.3 is 0 Å². The van der Waals surface area contributed by atoms with Gasteiger partial charge in [-0.2, -0.15) is 0 Å². The second-order valence-corrected chi connectivity index (χ2v) is 8.27. The van der Waals surface area contributed by atoms with Gasteiger partial charge in [0.2, 0.25) is 0 Å². The van der Waals surface area contributed by atoms with Gasteiger partial charge < -0.3 is 15.0 Å². The molecule has 0 bridgehead atoms. The number of phenols is 1. The number of phenolic OH excluding ortho intramolecular Hbond substituents is 1. The molecule has 1 aliphatic heterocycles. The number of aliphatic hydroxyl groups is 1. The fraction of sp³-hybridized carbons (Fsp3) is 0.308. The summed E-state index contributed by atoms with van der Waals surface area (Å²) in [6, 6.07) is 17.8. The Morgan fingerprint density at radius 3 is 2.27 bits per heavy atom. The third-order valence-electron chi connectivity index (χ3n) is 5.86. The van der Waals surface area contributed by atoms with Crippen LogP contribution < -0.4 is 0 Å². The summed E-state index contributed by atoms with van der Waals surface area (Å²) in [5, 5.41) is 19.3. The first kappa shape index (κ1) is 22.1. The zero-order valence-corrected chi connectivity index (χ0v) is 18.3. The van der Waals surface area contributed by atoms with E-state index in [9.17, 15) is 10.2 Å². The minimum absolute atomic E-state index is 0.163. The summed E-state index contributed by atoms with van der Waals surface area (Å²) in [5.74, 6) is 0.907. The van der Waals surface area contributed by atoms with Crippen molar-refractivity contribution in [1.29, 1.82) is 0 Å². The fourth-order valence-corrected chi connectivity index (χ4v) is 4.04. The molecule has 0 amide bonds. The third kappa shape index (κ3) is 5.53. The lowest BCUT2D eigenvalue weighted by molar-refractivity contribution is 0.242. The van der Waals surface area contributed by atoms with E-state index in [0.717, 1.165) is 25.1 Å². The molecular formula is C26H32BNO2. The zero-order chi connectivity index (χ0) is 21.5. The molecule has 0 unspecified atom stereocenters.